The van der Waals surface area contributed by atoms with Crippen molar-refractivity contribution in [3.63, 3.8) is 0 Å². The number of ether oxygens (including phenoxy) is 2. The number of aliphatic hydroxyl groups is 1. The highest BCUT2D eigenvalue weighted by molar-refractivity contribution is 5.68. The SMILES string of the molecule is COC(=O)CCC[C@@H]1O[C@@H]1CO. The predicted octanol–water partition coefficient (Wildman–Crippen LogP) is 0.0894. The van der Waals surface area contributed by atoms with E-state index in [2.05, 4.69) is 4.74 Å². The molecule has 1 heterocycles. The number of esters is 1. The molecule has 70 valence electrons. The van der Waals surface area contributed by atoms with Gasteiger partial charge in [-0.25, -0.2) is 0 Å². The Morgan fingerprint density at radius 2 is 2.33 bits per heavy atom. The molecule has 1 aliphatic heterocycles. The molecule has 0 aliphatic carbocycles. The average Bonchev–Trinajstić information content (AvgIpc) is 2.83. The fourth-order valence-electron chi connectivity index (χ4n) is 1.14. The molecule has 1 rings (SSSR count). The number of rotatable bonds is 5. The molecule has 1 fully saturated rings. The van der Waals surface area contributed by atoms with Crippen molar-refractivity contribution in [2.24, 2.45) is 0 Å². The van der Waals surface area contributed by atoms with Crippen molar-refractivity contribution in [2.45, 2.75) is 31.5 Å². The minimum absolute atomic E-state index is 0.0163. The van der Waals surface area contributed by atoms with Gasteiger partial charge in [0.05, 0.1) is 19.8 Å². The Balaban J connectivity index is 1.94. The first-order valence-electron chi connectivity index (χ1n) is 4.11. The maximum absolute atomic E-state index is 10.7. The van der Waals surface area contributed by atoms with Crippen LogP contribution >= 0.6 is 0 Å². The highest BCUT2D eigenvalue weighted by atomic mass is 16.6. The Labute approximate surface area is 71.5 Å². The minimum atomic E-state index is -0.184. The number of hydrogen-bond donors (Lipinski definition) is 1. The molecule has 4 heteroatoms. The number of carbonyl (C=O) groups is 1. The molecule has 0 aromatic heterocycles. The van der Waals surface area contributed by atoms with Crippen LogP contribution in [0.2, 0.25) is 0 Å². The van der Waals surface area contributed by atoms with Crippen molar-refractivity contribution in [1.82, 2.24) is 0 Å². The summed E-state index contributed by atoms with van der Waals surface area (Å²) in [4.78, 5) is 10.7. The van der Waals surface area contributed by atoms with Crippen LogP contribution in [0.4, 0.5) is 0 Å². The Hall–Kier alpha value is -0.610. The molecule has 1 aliphatic rings. The zero-order valence-electron chi connectivity index (χ0n) is 7.16. The highest BCUT2D eigenvalue weighted by Gasteiger charge is 2.37. The van der Waals surface area contributed by atoms with E-state index in [-0.39, 0.29) is 24.8 Å². The van der Waals surface area contributed by atoms with Crippen LogP contribution in [0.5, 0.6) is 0 Å². The first-order valence-corrected chi connectivity index (χ1v) is 4.11. The van der Waals surface area contributed by atoms with Gasteiger partial charge in [-0.2, -0.15) is 0 Å². The minimum Gasteiger partial charge on any atom is -0.469 e. The summed E-state index contributed by atoms with van der Waals surface area (Å²) >= 11 is 0. The smallest absolute Gasteiger partial charge is 0.305 e. The molecule has 1 N–H and O–H groups in total. The van der Waals surface area contributed by atoms with Crippen molar-refractivity contribution >= 4 is 5.97 Å². The summed E-state index contributed by atoms with van der Waals surface area (Å²) in [7, 11) is 1.38. The lowest BCUT2D eigenvalue weighted by Crippen LogP contribution is -2.02. The van der Waals surface area contributed by atoms with Crippen molar-refractivity contribution in [3.05, 3.63) is 0 Å². The van der Waals surface area contributed by atoms with Crippen LogP contribution in [0.25, 0.3) is 0 Å². The van der Waals surface area contributed by atoms with Crippen LogP contribution in [0, 0.1) is 0 Å². The maximum Gasteiger partial charge on any atom is 0.305 e. The van der Waals surface area contributed by atoms with Crippen LogP contribution in [0.1, 0.15) is 19.3 Å². The Bertz CT molecular complexity index is 157. The van der Waals surface area contributed by atoms with Crippen molar-refractivity contribution in [1.29, 1.82) is 0 Å². The first kappa shape index (κ1) is 9.48. The summed E-state index contributed by atoms with van der Waals surface area (Å²) in [6, 6.07) is 0. The number of methoxy groups -OCH3 is 1. The molecule has 0 amide bonds. The molecule has 0 saturated carbocycles. The zero-order valence-corrected chi connectivity index (χ0v) is 7.16. The Kier molecular flexibility index (Phi) is 3.49. The number of aliphatic hydroxyl groups excluding tert-OH is 1. The predicted molar refractivity (Wildman–Crippen MR) is 41.6 cm³/mol. The van der Waals surface area contributed by atoms with Gasteiger partial charge in [-0.3, -0.25) is 4.79 Å². The maximum atomic E-state index is 10.7. The van der Waals surface area contributed by atoms with Gasteiger partial charge >= 0.3 is 5.97 Å². The third kappa shape index (κ3) is 2.79. The number of hydrogen-bond acceptors (Lipinski definition) is 4. The molecule has 0 aromatic carbocycles. The first-order chi connectivity index (χ1) is 5.77. The average molecular weight is 174 g/mol. The van der Waals surface area contributed by atoms with E-state index in [9.17, 15) is 4.79 Å². The van der Waals surface area contributed by atoms with Gasteiger partial charge in [0, 0.05) is 6.42 Å². The second-order valence-electron chi connectivity index (χ2n) is 2.86. The van der Waals surface area contributed by atoms with E-state index >= 15 is 0 Å². The quantitative estimate of drug-likeness (QED) is 0.474. The summed E-state index contributed by atoms with van der Waals surface area (Å²) in [5.74, 6) is -0.184. The van der Waals surface area contributed by atoms with E-state index in [1.165, 1.54) is 7.11 Å². The molecule has 4 nitrogen and oxygen atoms in total. The summed E-state index contributed by atoms with van der Waals surface area (Å²) in [6.07, 6.45) is 2.23. The van der Waals surface area contributed by atoms with Gasteiger partial charge in [0.25, 0.3) is 0 Å². The Morgan fingerprint density at radius 1 is 1.58 bits per heavy atom. The molecular formula is C8H14O4. The summed E-state index contributed by atoms with van der Waals surface area (Å²) in [5.41, 5.74) is 0. The second-order valence-corrected chi connectivity index (χ2v) is 2.86. The lowest BCUT2D eigenvalue weighted by atomic mass is 10.1. The molecule has 0 unspecified atom stereocenters. The summed E-state index contributed by atoms with van der Waals surface area (Å²) < 4.78 is 9.56. The lowest BCUT2D eigenvalue weighted by molar-refractivity contribution is -0.140. The molecular weight excluding hydrogens is 160 g/mol. The molecule has 0 bridgehead atoms. The van der Waals surface area contributed by atoms with Crippen molar-refractivity contribution < 1.29 is 19.4 Å². The third-order valence-electron chi connectivity index (χ3n) is 1.96. The largest absolute Gasteiger partial charge is 0.469 e. The van der Waals surface area contributed by atoms with E-state index in [4.69, 9.17) is 9.84 Å². The topological polar surface area (TPSA) is 59.1 Å². The molecule has 0 spiro atoms. The van der Waals surface area contributed by atoms with Gasteiger partial charge < -0.3 is 14.6 Å². The second kappa shape index (κ2) is 4.42. The number of epoxide rings is 1. The van der Waals surface area contributed by atoms with Crippen LogP contribution in [0.15, 0.2) is 0 Å². The summed E-state index contributed by atoms with van der Waals surface area (Å²) in [6.45, 7) is 0.0862. The van der Waals surface area contributed by atoms with E-state index in [1.54, 1.807) is 0 Å². The van der Waals surface area contributed by atoms with Crippen LogP contribution in [-0.2, 0) is 14.3 Å². The van der Waals surface area contributed by atoms with E-state index in [0.29, 0.717) is 6.42 Å². The fourth-order valence-corrected chi connectivity index (χ4v) is 1.14. The summed E-state index contributed by atoms with van der Waals surface area (Å²) in [5, 5.41) is 8.61. The third-order valence-corrected chi connectivity index (χ3v) is 1.96. The van der Waals surface area contributed by atoms with Gasteiger partial charge in [-0.05, 0) is 12.8 Å². The van der Waals surface area contributed by atoms with E-state index < -0.39 is 0 Å². The fraction of sp³-hybridized carbons (Fsp3) is 0.875. The Morgan fingerprint density at radius 3 is 2.83 bits per heavy atom. The van der Waals surface area contributed by atoms with Crippen LogP contribution < -0.4 is 0 Å². The van der Waals surface area contributed by atoms with Gasteiger partial charge in [-0.1, -0.05) is 0 Å². The highest BCUT2D eigenvalue weighted by Crippen LogP contribution is 2.26. The molecule has 12 heavy (non-hydrogen) atoms. The zero-order chi connectivity index (χ0) is 8.97. The lowest BCUT2D eigenvalue weighted by Gasteiger charge is -1.96. The van der Waals surface area contributed by atoms with Crippen molar-refractivity contribution in [3.8, 4) is 0 Å². The standard InChI is InChI=1S/C8H14O4/c1-11-8(10)4-2-3-6-7(5-9)12-6/h6-7,9H,2-5H2,1H3/t6-,7+/m0/s1. The molecule has 2 atom stereocenters. The van der Waals surface area contributed by atoms with E-state index in [1.807, 2.05) is 0 Å². The van der Waals surface area contributed by atoms with Crippen LogP contribution in [-0.4, -0.2) is 37.0 Å². The normalized spacial score (nSPS) is 26.8. The molecule has 1 saturated heterocycles. The number of carbonyl (C=O) groups excluding carboxylic acids is 1. The monoisotopic (exact) mass is 174 g/mol. The van der Waals surface area contributed by atoms with Gasteiger partial charge in [-0.15, -0.1) is 0 Å². The van der Waals surface area contributed by atoms with Crippen molar-refractivity contribution in [2.75, 3.05) is 13.7 Å². The van der Waals surface area contributed by atoms with Gasteiger partial charge in [0.15, 0.2) is 0 Å². The van der Waals surface area contributed by atoms with Gasteiger partial charge in [0.2, 0.25) is 0 Å². The van der Waals surface area contributed by atoms with E-state index in [0.717, 1.165) is 12.8 Å². The van der Waals surface area contributed by atoms with Crippen LogP contribution in [0.3, 0.4) is 0 Å². The van der Waals surface area contributed by atoms with Gasteiger partial charge in [0.1, 0.15) is 6.10 Å². The molecule has 0 radical (unpaired) electrons. The molecule has 0 aromatic rings.